The summed E-state index contributed by atoms with van der Waals surface area (Å²) in [4.78, 5) is 19.3. The molecule has 0 amide bonds. The Bertz CT molecular complexity index is 301. The van der Waals surface area contributed by atoms with Crippen LogP contribution in [0.2, 0.25) is 0 Å². The quantitative estimate of drug-likeness (QED) is 0.481. The van der Waals surface area contributed by atoms with Crippen molar-refractivity contribution in [3.63, 3.8) is 0 Å². The molecule has 4 nitrogen and oxygen atoms in total. The van der Waals surface area contributed by atoms with Gasteiger partial charge >= 0.3 is 59.1 Å². The summed E-state index contributed by atoms with van der Waals surface area (Å²) in [6, 6.07) is 8.06. The van der Waals surface area contributed by atoms with Crippen molar-refractivity contribution in [1.82, 2.24) is 0 Å². The maximum Gasteiger partial charge on any atom is 1.00 e. The summed E-state index contributed by atoms with van der Waals surface area (Å²) >= 11 is 0. The van der Waals surface area contributed by atoms with E-state index in [1.165, 1.54) is 19.1 Å². The van der Waals surface area contributed by atoms with Gasteiger partial charge < -0.3 is 19.8 Å². The number of carboxylic acids is 2. The first-order valence-electron chi connectivity index (χ1n) is 4.04. The van der Waals surface area contributed by atoms with Crippen molar-refractivity contribution in [2.45, 2.75) is 13.3 Å². The van der Waals surface area contributed by atoms with Crippen LogP contribution in [0.5, 0.6) is 0 Å². The summed E-state index contributed by atoms with van der Waals surface area (Å²) in [7, 11) is 0. The standard InChI is InChI=1S/C7H6O2.C3H6O2.2Na/c8-7(9)6-4-2-1-3-5-6;1-2-3(4)5;;/h1-5H,(H,8,9);2H2,1H3,(H,4,5);;/q;;2*+1/p-2. The number of hydrogen-bond donors (Lipinski definition) is 0. The normalized spacial score (nSPS) is 7.31. The van der Waals surface area contributed by atoms with Crippen molar-refractivity contribution in [1.29, 1.82) is 0 Å². The van der Waals surface area contributed by atoms with Gasteiger partial charge in [0.05, 0.1) is 5.97 Å². The first-order chi connectivity index (χ1) is 6.57. The van der Waals surface area contributed by atoms with E-state index in [9.17, 15) is 19.8 Å². The molecule has 1 rings (SSSR count). The third kappa shape index (κ3) is 12.2. The third-order valence-electron chi connectivity index (χ3n) is 1.30. The summed E-state index contributed by atoms with van der Waals surface area (Å²) in [6.07, 6.45) is 0.111. The summed E-state index contributed by atoms with van der Waals surface area (Å²) in [5.41, 5.74) is 0.220. The molecule has 0 heterocycles. The van der Waals surface area contributed by atoms with Crippen LogP contribution in [-0.4, -0.2) is 11.9 Å². The van der Waals surface area contributed by atoms with Crippen LogP contribution in [0.25, 0.3) is 0 Å². The minimum atomic E-state index is -1.13. The zero-order valence-electron chi connectivity index (χ0n) is 9.73. The molecular weight excluding hydrogens is 230 g/mol. The van der Waals surface area contributed by atoms with E-state index in [0.717, 1.165) is 0 Å². The van der Waals surface area contributed by atoms with Crippen LogP contribution in [0.1, 0.15) is 23.7 Å². The molecule has 1 aromatic rings. The number of benzene rings is 1. The van der Waals surface area contributed by atoms with Crippen LogP contribution in [0.15, 0.2) is 30.3 Å². The summed E-state index contributed by atoms with van der Waals surface area (Å²) < 4.78 is 0. The molecular formula is C10H10Na2O4. The second-order valence-corrected chi connectivity index (χ2v) is 2.38. The molecule has 0 N–H and O–H groups in total. The predicted molar refractivity (Wildman–Crippen MR) is 46.1 cm³/mol. The van der Waals surface area contributed by atoms with E-state index >= 15 is 0 Å². The smallest absolute Gasteiger partial charge is 0.550 e. The molecule has 0 radical (unpaired) electrons. The number of rotatable bonds is 2. The van der Waals surface area contributed by atoms with E-state index in [0.29, 0.717) is 0 Å². The van der Waals surface area contributed by atoms with Gasteiger partial charge in [-0.05, 0) is 12.0 Å². The predicted octanol–water partition coefficient (Wildman–Crippen LogP) is -6.80. The first-order valence-corrected chi connectivity index (χ1v) is 4.04. The Morgan fingerprint density at radius 2 is 1.44 bits per heavy atom. The first kappa shape index (κ1) is 21.4. The number of carbonyl (C=O) groups is 2. The van der Waals surface area contributed by atoms with Gasteiger partial charge in [0.15, 0.2) is 0 Å². The van der Waals surface area contributed by atoms with Crippen LogP contribution in [0.4, 0.5) is 0 Å². The third-order valence-corrected chi connectivity index (χ3v) is 1.30. The Balaban J connectivity index is -0.000000214. The number of aliphatic carboxylic acids is 1. The zero-order chi connectivity index (χ0) is 11.0. The minimum Gasteiger partial charge on any atom is -0.550 e. The molecule has 0 spiro atoms. The summed E-state index contributed by atoms with van der Waals surface area (Å²) in [6.45, 7) is 1.54. The zero-order valence-corrected chi connectivity index (χ0v) is 13.7. The molecule has 0 saturated carbocycles. The molecule has 0 aromatic heterocycles. The molecule has 16 heavy (non-hydrogen) atoms. The molecule has 0 unspecified atom stereocenters. The Morgan fingerprint density at radius 1 is 1.06 bits per heavy atom. The van der Waals surface area contributed by atoms with E-state index in [2.05, 4.69) is 0 Å². The maximum atomic E-state index is 10.1. The summed E-state index contributed by atoms with van der Waals surface area (Å²) in [5.74, 6) is -2.12. The molecule has 0 atom stereocenters. The van der Waals surface area contributed by atoms with Crippen molar-refractivity contribution in [2.75, 3.05) is 0 Å². The molecule has 0 aliphatic carbocycles. The molecule has 76 valence electrons. The van der Waals surface area contributed by atoms with E-state index in [4.69, 9.17) is 0 Å². The molecule has 6 heteroatoms. The fraction of sp³-hybridized carbons (Fsp3) is 0.200. The number of carboxylic acid groups (broad SMARTS) is 2. The number of carbonyl (C=O) groups excluding carboxylic acids is 2. The second-order valence-electron chi connectivity index (χ2n) is 2.38. The van der Waals surface area contributed by atoms with Gasteiger partial charge in [0.25, 0.3) is 0 Å². The molecule has 0 aliphatic heterocycles. The van der Waals surface area contributed by atoms with Crippen LogP contribution in [0.3, 0.4) is 0 Å². The van der Waals surface area contributed by atoms with Gasteiger partial charge in [0.2, 0.25) is 0 Å². The number of hydrogen-bond acceptors (Lipinski definition) is 4. The largest absolute Gasteiger partial charge is 1.00 e. The van der Waals surface area contributed by atoms with Crippen molar-refractivity contribution >= 4 is 11.9 Å². The fourth-order valence-corrected chi connectivity index (χ4v) is 0.574. The van der Waals surface area contributed by atoms with Gasteiger partial charge in [-0.2, -0.15) is 0 Å². The van der Waals surface area contributed by atoms with Gasteiger partial charge in [0, 0.05) is 5.97 Å². The topological polar surface area (TPSA) is 80.3 Å². The Morgan fingerprint density at radius 3 is 1.62 bits per heavy atom. The van der Waals surface area contributed by atoms with Gasteiger partial charge in [-0.15, -0.1) is 0 Å². The SMILES string of the molecule is CCC(=O)[O-].O=C([O-])c1ccccc1.[Na+].[Na+]. The molecule has 0 saturated heterocycles. The van der Waals surface area contributed by atoms with Crippen molar-refractivity contribution in [3.8, 4) is 0 Å². The molecule has 1 aromatic carbocycles. The Hall–Kier alpha value is 0.160. The number of aromatic carboxylic acids is 1. The van der Waals surface area contributed by atoms with Gasteiger partial charge in [-0.25, -0.2) is 0 Å². The van der Waals surface area contributed by atoms with E-state index in [1.807, 2.05) is 0 Å². The van der Waals surface area contributed by atoms with Crippen molar-refractivity contribution in [2.24, 2.45) is 0 Å². The average Bonchev–Trinajstić information content (AvgIpc) is 2.20. The monoisotopic (exact) mass is 240 g/mol. The van der Waals surface area contributed by atoms with Gasteiger partial charge in [0.1, 0.15) is 0 Å². The van der Waals surface area contributed by atoms with E-state index in [1.54, 1.807) is 18.2 Å². The molecule has 0 fully saturated rings. The second kappa shape index (κ2) is 13.2. The van der Waals surface area contributed by atoms with E-state index < -0.39 is 11.9 Å². The average molecular weight is 240 g/mol. The fourth-order valence-electron chi connectivity index (χ4n) is 0.574. The van der Waals surface area contributed by atoms with Crippen LogP contribution >= 0.6 is 0 Å². The van der Waals surface area contributed by atoms with Crippen LogP contribution in [-0.2, 0) is 4.79 Å². The van der Waals surface area contributed by atoms with Crippen LogP contribution in [0, 0.1) is 0 Å². The van der Waals surface area contributed by atoms with E-state index in [-0.39, 0.29) is 71.1 Å². The van der Waals surface area contributed by atoms with Gasteiger partial charge in [-0.3, -0.25) is 0 Å². The Kier molecular flexibility index (Phi) is 17.7. The summed E-state index contributed by atoms with van der Waals surface area (Å²) in [5, 5.41) is 19.3. The van der Waals surface area contributed by atoms with Crippen molar-refractivity contribution < 1.29 is 78.9 Å². The molecule has 0 bridgehead atoms. The maximum absolute atomic E-state index is 10.1. The van der Waals surface area contributed by atoms with Crippen molar-refractivity contribution in [3.05, 3.63) is 35.9 Å². The minimum absolute atomic E-state index is 0. The van der Waals surface area contributed by atoms with Gasteiger partial charge in [-0.1, -0.05) is 37.3 Å². The van der Waals surface area contributed by atoms with Crippen LogP contribution < -0.4 is 69.3 Å². The molecule has 0 aliphatic rings. The Labute approximate surface area is 139 Å².